The van der Waals surface area contributed by atoms with Crippen LogP contribution in [0.3, 0.4) is 0 Å². The summed E-state index contributed by atoms with van der Waals surface area (Å²) in [4.78, 5) is 5.73. The highest BCUT2D eigenvalue weighted by atomic mass is 79.9. The third-order valence-corrected chi connectivity index (χ3v) is 4.01. The maximum Gasteiger partial charge on any atom is 0.0604 e. The summed E-state index contributed by atoms with van der Waals surface area (Å²) in [6.07, 6.45) is 5.64. The summed E-state index contributed by atoms with van der Waals surface area (Å²) in [5, 5.41) is 1.31. The summed E-state index contributed by atoms with van der Waals surface area (Å²) in [6, 6.07) is 6.35. The molecule has 3 rings (SSSR count). The van der Waals surface area contributed by atoms with Crippen LogP contribution < -0.4 is 0 Å². The molecule has 1 aromatic carbocycles. The molecule has 0 unspecified atom stereocenters. The largest absolute Gasteiger partial charge is 0.360 e. The van der Waals surface area contributed by atoms with Crippen LogP contribution in [0.15, 0.2) is 34.9 Å². The number of nitrogens with one attached hydrogen (secondary N) is 1. The molecule has 0 aliphatic carbocycles. The Morgan fingerprint density at radius 1 is 1.35 bits per heavy atom. The number of H-pyrrole nitrogens is 1. The molecule has 2 aromatic rings. The van der Waals surface area contributed by atoms with Crippen LogP contribution in [-0.4, -0.2) is 30.0 Å². The molecule has 17 heavy (non-hydrogen) atoms. The number of benzene rings is 1. The van der Waals surface area contributed by atoms with Crippen molar-refractivity contribution >= 4 is 32.4 Å². The Bertz CT molecular complexity index is 583. The van der Waals surface area contributed by atoms with Gasteiger partial charge < -0.3 is 9.88 Å². The van der Waals surface area contributed by atoms with Crippen LogP contribution in [0.5, 0.6) is 0 Å². The number of para-hydroxylation sites is 1. The van der Waals surface area contributed by atoms with Gasteiger partial charge in [-0.2, -0.15) is 0 Å². The van der Waals surface area contributed by atoms with Crippen LogP contribution in [-0.2, 0) is 0 Å². The first-order valence-electron chi connectivity index (χ1n) is 5.89. The molecular formula is C14H15BrN2. The molecule has 0 radical (unpaired) electrons. The van der Waals surface area contributed by atoms with Crippen LogP contribution in [0.2, 0.25) is 0 Å². The second-order valence-electron chi connectivity index (χ2n) is 4.62. The molecule has 0 amide bonds. The summed E-state index contributed by atoms with van der Waals surface area (Å²) in [5.41, 5.74) is 3.97. The highest BCUT2D eigenvalue weighted by Crippen LogP contribution is 2.31. The normalized spacial score (nSPS) is 17.4. The predicted octanol–water partition coefficient (Wildman–Crippen LogP) is 3.65. The van der Waals surface area contributed by atoms with E-state index in [0.29, 0.717) is 0 Å². The molecule has 1 aromatic heterocycles. The molecule has 1 aliphatic heterocycles. The van der Waals surface area contributed by atoms with E-state index in [1.165, 1.54) is 22.0 Å². The van der Waals surface area contributed by atoms with E-state index in [-0.39, 0.29) is 0 Å². The molecule has 0 saturated carbocycles. The van der Waals surface area contributed by atoms with E-state index in [1.54, 1.807) is 0 Å². The third kappa shape index (κ3) is 1.94. The predicted molar refractivity (Wildman–Crippen MR) is 76.1 cm³/mol. The first-order chi connectivity index (χ1) is 8.25. The van der Waals surface area contributed by atoms with Gasteiger partial charge >= 0.3 is 0 Å². The highest BCUT2D eigenvalue weighted by Gasteiger charge is 2.14. The second kappa shape index (κ2) is 4.31. The van der Waals surface area contributed by atoms with Crippen molar-refractivity contribution in [3.05, 3.63) is 40.5 Å². The first-order valence-corrected chi connectivity index (χ1v) is 6.68. The Morgan fingerprint density at radius 3 is 3.06 bits per heavy atom. The maximum atomic E-state index is 3.58. The van der Waals surface area contributed by atoms with Crippen molar-refractivity contribution in [2.24, 2.45) is 0 Å². The standard InChI is InChI=1S/C14H15BrN2/c1-17-7-3-4-10(9-17)12-8-16-14-11(12)5-2-6-13(14)15/h2,4-6,8,16H,3,7,9H2,1H3. The maximum absolute atomic E-state index is 3.58. The minimum absolute atomic E-state index is 1.04. The van der Waals surface area contributed by atoms with Gasteiger partial charge in [0.1, 0.15) is 0 Å². The topological polar surface area (TPSA) is 19.0 Å². The molecular weight excluding hydrogens is 276 g/mol. The zero-order valence-electron chi connectivity index (χ0n) is 9.83. The van der Waals surface area contributed by atoms with E-state index in [0.717, 1.165) is 24.0 Å². The van der Waals surface area contributed by atoms with E-state index in [2.05, 4.69) is 63.3 Å². The lowest BCUT2D eigenvalue weighted by Crippen LogP contribution is -2.24. The summed E-state index contributed by atoms with van der Waals surface area (Å²) in [5.74, 6) is 0. The first kappa shape index (κ1) is 11.1. The van der Waals surface area contributed by atoms with Gasteiger partial charge in [0.05, 0.1) is 5.52 Å². The van der Waals surface area contributed by atoms with Crippen LogP contribution in [0.4, 0.5) is 0 Å². The van der Waals surface area contributed by atoms with Gasteiger partial charge in [0.15, 0.2) is 0 Å². The van der Waals surface area contributed by atoms with Crippen molar-refractivity contribution in [2.75, 3.05) is 20.1 Å². The van der Waals surface area contributed by atoms with Crippen molar-refractivity contribution in [1.82, 2.24) is 9.88 Å². The molecule has 88 valence electrons. The van der Waals surface area contributed by atoms with Crippen molar-refractivity contribution in [1.29, 1.82) is 0 Å². The van der Waals surface area contributed by atoms with Crippen molar-refractivity contribution in [2.45, 2.75) is 6.42 Å². The monoisotopic (exact) mass is 290 g/mol. The summed E-state index contributed by atoms with van der Waals surface area (Å²) >= 11 is 3.58. The summed E-state index contributed by atoms with van der Waals surface area (Å²) < 4.78 is 1.13. The van der Waals surface area contributed by atoms with E-state index in [4.69, 9.17) is 0 Å². The molecule has 0 fully saturated rings. The van der Waals surface area contributed by atoms with E-state index in [9.17, 15) is 0 Å². The number of hydrogen-bond donors (Lipinski definition) is 1. The highest BCUT2D eigenvalue weighted by molar-refractivity contribution is 9.10. The minimum atomic E-state index is 1.04. The Balaban J connectivity index is 2.12. The number of likely N-dealkylation sites (N-methyl/N-ethyl adjacent to an activating group) is 1. The third-order valence-electron chi connectivity index (χ3n) is 3.35. The number of rotatable bonds is 1. The van der Waals surface area contributed by atoms with Gasteiger partial charge in [-0.1, -0.05) is 18.2 Å². The molecule has 2 nitrogen and oxygen atoms in total. The summed E-state index contributed by atoms with van der Waals surface area (Å²) in [7, 11) is 2.18. The van der Waals surface area contributed by atoms with E-state index < -0.39 is 0 Å². The molecule has 0 spiro atoms. The second-order valence-corrected chi connectivity index (χ2v) is 5.47. The van der Waals surface area contributed by atoms with E-state index >= 15 is 0 Å². The Kier molecular flexibility index (Phi) is 2.81. The molecule has 2 heterocycles. The molecule has 0 bridgehead atoms. The van der Waals surface area contributed by atoms with Gasteiger partial charge in [-0.3, -0.25) is 0 Å². The van der Waals surface area contributed by atoms with Gasteiger partial charge in [-0.05, 0) is 41.0 Å². The number of halogens is 1. The average Bonchev–Trinajstić information content (AvgIpc) is 2.74. The average molecular weight is 291 g/mol. The zero-order chi connectivity index (χ0) is 11.8. The van der Waals surface area contributed by atoms with Gasteiger partial charge in [0.25, 0.3) is 0 Å². The molecule has 0 atom stereocenters. The molecule has 0 saturated heterocycles. The number of fused-ring (bicyclic) bond motifs is 1. The Morgan fingerprint density at radius 2 is 2.24 bits per heavy atom. The fourth-order valence-corrected chi connectivity index (χ4v) is 2.95. The number of aromatic amines is 1. The molecule has 1 aliphatic rings. The SMILES string of the molecule is CN1CCC=C(c2c[nH]c3c(Br)cccc23)C1. The van der Waals surface area contributed by atoms with Gasteiger partial charge in [0.2, 0.25) is 0 Å². The van der Waals surface area contributed by atoms with Gasteiger partial charge in [-0.25, -0.2) is 0 Å². The fourth-order valence-electron chi connectivity index (χ4n) is 2.47. The quantitative estimate of drug-likeness (QED) is 0.849. The molecule has 3 heteroatoms. The minimum Gasteiger partial charge on any atom is -0.360 e. The van der Waals surface area contributed by atoms with Crippen molar-refractivity contribution < 1.29 is 0 Å². The lowest BCUT2D eigenvalue weighted by molar-refractivity contribution is 0.373. The van der Waals surface area contributed by atoms with Crippen LogP contribution in [0, 0.1) is 0 Å². The van der Waals surface area contributed by atoms with Gasteiger partial charge in [0, 0.05) is 34.7 Å². The number of aromatic nitrogens is 1. The Hall–Kier alpha value is -1.06. The van der Waals surface area contributed by atoms with Crippen molar-refractivity contribution in [3.63, 3.8) is 0 Å². The summed E-state index contributed by atoms with van der Waals surface area (Å²) in [6.45, 7) is 2.20. The smallest absolute Gasteiger partial charge is 0.0604 e. The van der Waals surface area contributed by atoms with Crippen LogP contribution in [0.25, 0.3) is 16.5 Å². The fraction of sp³-hybridized carbons (Fsp3) is 0.286. The number of nitrogens with zero attached hydrogens (tertiary/aromatic N) is 1. The van der Waals surface area contributed by atoms with Gasteiger partial charge in [-0.15, -0.1) is 0 Å². The van der Waals surface area contributed by atoms with Crippen LogP contribution in [0.1, 0.15) is 12.0 Å². The van der Waals surface area contributed by atoms with Crippen molar-refractivity contribution in [3.8, 4) is 0 Å². The lowest BCUT2D eigenvalue weighted by Gasteiger charge is -2.22. The lowest BCUT2D eigenvalue weighted by atomic mass is 10.0. The number of hydrogen-bond acceptors (Lipinski definition) is 1. The molecule has 1 N–H and O–H groups in total. The Labute approximate surface area is 109 Å². The van der Waals surface area contributed by atoms with Crippen LogP contribution >= 0.6 is 15.9 Å². The van der Waals surface area contributed by atoms with E-state index in [1.807, 2.05) is 0 Å². The zero-order valence-corrected chi connectivity index (χ0v) is 11.4.